The predicted octanol–water partition coefficient (Wildman–Crippen LogP) is 0.593. The van der Waals surface area contributed by atoms with Crippen molar-refractivity contribution in [2.45, 2.75) is 38.8 Å². The molecule has 1 atom stereocenters. The summed E-state index contributed by atoms with van der Waals surface area (Å²) in [4.78, 5) is 12.7. The second kappa shape index (κ2) is 10.7. The number of ether oxygens (including phenoxy) is 2. The molecule has 0 bridgehead atoms. The van der Waals surface area contributed by atoms with E-state index in [0.29, 0.717) is 36.6 Å². The summed E-state index contributed by atoms with van der Waals surface area (Å²) in [5.74, 6) is 0.306. The molecule has 2 aromatic heterocycles. The van der Waals surface area contributed by atoms with Gasteiger partial charge in [-0.3, -0.25) is 0 Å². The van der Waals surface area contributed by atoms with Crippen LogP contribution >= 0.6 is 0 Å². The van der Waals surface area contributed by atoms with Gasteiger partial charge in [0.25, 0.3) is 0 Å². The summed E-state index contributed by atoms with van der Waals surface area (Å²) in [6, 6.07) is 0.269. The number of anilines is 1. The van der Waals surface area contributed by atoms with E-state index in [2.05, 4.69) is 21.9 Å². The highest BCUT2D eigenvalue weighted by molar-refractivity contribution is 5.81. The minimum Gasteiger partial charge on any atom is -0.463 e. The average molecular weight is 341 g/mol. The summed E-state index contributed by atoms with van der Waals surface area (Å²) in [6.45, 7) is 3.24. The molecule has 9 heteroatoms. The Morgan fingerprint density at radius 1 is 1.33 bits per heavy atom. The van der Waals surface area contributed by atoms with Crippen molar-refractivity contribution in [1.82, 2.24) is 19.5 Å². The number of aryl methyl sites for hydroxylation is 1. The maximum atomic E-state index is 9.16. The number of unbranched alkanes of at least 4 members (excludes halogenated alkanes) is 1. The molecule has 0 aliphatic heterocycles. The van der Waals surface area contributed by atoms with Gasteiger partial charge in [0.1, 0.15) is 0 Å². The van der Waals surface area contributed by atoms with Gasteiger partial charge in [0.2, 0.25) is 0 Å². The summed E-state index contributed by atoms with van der Waals surface area (Å²) in [5, 5.41) is 16.2. The number of aromatic nitrogens is 4. The van der Waals surface area contributed by atoms with Gasteiger partial charge < -0.3 is 30.0 Å². The van der Waals surface area contributed by atoms with Gasteiger partial charge in [-0.05, 0) is 12.8 Å². The molecule has 0 spiro atoms. The Hall–Kier alpha value is -1.97. The third-order valence-electron chi connectivity index (χ3n) is 3.43. The van der Waals surface area contributed by atoms with E-state index in [1.54, 1.807) is 13.4 Å². The molecule has 0 amide bonds. The lowest BCUT2D eigenvalue weighted by molar-refractivity contribution is 0.0405. The number of nitrogens with zero attached hydrogens (tertiary/aromatic N) is 4. The van der Waals surface area contributed by atoms with Crippen molar-refractivity contribution in [2.24, 2.45) is 0 Å². The highest BCUT2D eigenvalue weighted by atomic mass is 16.5. The first-order valence-electron chi connectivity index (χ1n) is 7.89. The topological polar surface area (TPSA) is 129 Å². The van der Waals surface area contributed by atoms with Gasteiger partial charge in [-0.1, -0.05) is 13.3 Å². The minimum atomic E-state index is -0.211. The number of methoxy groups -OCH3 is 1. The standard InChI is InChI=1S/C14H23N5O3.CH4O/c1-3-4-7-22-14-17-12(15)11-13(18-14)19(9-16-11)6-5-10(8-20)21-2;1-2/h9-10,20H,3-8H2,1-2H3,(H2,15,17,18);2H,1H3. The van der Waals surface area contributed by atoms with Crippen LogP contribution < -0.4 is 10.5 Å². The van der Waals surface area contributed by atoms with Gasteiger partial charge in [0, 0.05) is 20.8 Å². The number of hydrogen-bond donors (Lipinski definition) is 3. The molecule has 0 saturated carbocycles. The fourth-order valence-corrected chi connectivity index (χ4v) is 2.05. The Morgan fingerprint density at radius 3 is 2.71 bits per heavy atom. The lowest BCUT2D eigenvalue weighted by atomic mass is 10.2. The monoisotopic (exact) mass is 341 g/mol. The zero-order chi connectivity index (χ0) is 17.9. The highest BCUT2D eigenvalue weighted by Gasteiger charge is 2.13. The molecular weight excluding hydrogens is 314 g/mol. The van der Waals surface area contributed by atoms with Crippen molar-refractivity contribution in [1.29, 1.82) is 0 Å². The fraction of sp³-hybridized carbons (Fsp3) is 0.667. The van der Waals surface area contributed by atoms with Crippen LogP contribution in [0.4, 0.5) is 5.82 Å². The Bertz CT molecular complexity index is 601. The second-order valence-electron chi connectivity index (χ2n) is 5.03. The average Bonchev–Trinajstić information content (AvgIpc) is 3.01. The number of hydrogen-bond acceptors (Lipinski definition) is 8. The zero-order valence-corrected chi connectivity index (χ0v) is 14.5. The summed E-state index contributed by atoms with van der Waals surface area (Å²) < 4.78 is 12.5. The van der Waals surface area contributed by atoms with E-state index in [0.717, 1.165) is 20.0 Å². The van der Waals surface area contributed by atoms with Crippen molar-refractivity contribution in [3.05, 3.63) is 6.33 Å². The zero-order valence-electron chi connectivity index (χ0n) is 14.5. The van der Waals surface area contributed by atoms with Crippen molar-refractivity contribution >= 4 is 17.0 Å². The number of rotatable bonds is 9. The quantitative estimate of drug-likeness (QED) is 0.565. The molecule has 0 radical (unpaired) electrons. The lowest BCUT2D eigenvalue weighted by Gasteiger charge is -2.12. The van der Waals surface area contributed by atoms with E-state index in [4.69, 9.17) is 25.4 Å². The Balaban J connectivity index is 0.00000139. The molecule has 0 saturated heterocycles. The van der Waals surface area contributed by atoms with Gasteiger partial charge in [0.05, 0.1) is 25.6 Å². The Kier molecular flexibility index (Phi) is 8.98. The first kappa shape index (κ1) is 20.1. The molecule has 2 heterocycles. The third-order valence-corrected chi connectivity index (χ3v) is 3.43. The SMILES string of the molecule is CCCCOc1nc(N)c2ncn(CCC(CO)OC)c2n1.CO. The molecule has 2 aromatic rings. The molecule has 0 aromatic carbocycles. The molecule has 9 nitrogen and oxygen atoms in total. The number of nitrogens with two attached hydrogens (primary N) is 1. The van der Waals surface area contributed by atoms with Crippen LogP contribution in [0.5, 0.6) is 6.01 Å². The molecule has 1 unspecified atom stereocenters. The van der Waals surface area contributed by atoms with E-state index in [-0.39, 0.29) is 18.7 Å². The Labute approximate surface area is 141 Å². The largest absolute Gasteiger partial charge is 0.463 e. The van der Waals surface area contributed by atoms with Crippen molar-refractivity contribution in [2.75, 3.05) is 33.2 Å². The van der Waals surface area contributed by atoms with Crippen LogP contribution in [0.2, 0.25) is 0 Å². The first-order chi connectivity index (χ1) is 11.7. The molecule has 2 rings (SSSR count). The van der Waals surface area contributed by atoms with E-state index < -0.39 is 0 Å². The number of nitrogen functional groups attached to an aromatic ring is 1. The number of aliphatic hydroxyl groups is 2. The molecule has 0 aliphatic carbocycles. The minimum absolute atomic E-state index is 0.0222. The van der Waals surface area contributed by atoms with Crippen LogP contribution in [0.3, 0.4) is 0 Å². The van der Waals surface area contributed by atoms with Gasteiger partial charge >= 0.3 is 6.01 Å². The van der Waals surface area contributed by atoms with Gasteiger partial charge in [-0.2, -0.15) is 9.97 Å². The van der Waals surface area contributed by atoms with E-state index >= 15 is 0 Å². The van der Waals surface area contributed by atoms with Crippen molar-refractivity contribution in [3.8, 4) is 6.01 Å². The molecule has 4 N–H and O–H groups in total. The summed E-state index contributed by atoms with van der Waals surface area (Å²) in [7, 11) is 2.58. The normalized spacial score (nSPS) is 11.9. The van der Waals surface area contributed by atoms with E-state index in [1.807, 2.05) is 4.57 Å². The van der Waals surface area contributed by atoms with E-state index in [1.165, 1.54) is 0 Å². The molecule has 0 fully saturated rings. The molecule has 0 aliphatic rings. The highest BCUT2D eigenvalue weighted by Crippen LogP contribution is 2.20. The summed E-state index contributed by atoms with van der Waals surface area (Å²) >= 11 is 0. The van der Waals surface area contributed by atoms with Crippen molar-refractivity contribution in [3.63, 3.8) is 0 Å². The van der Waals surface area contributed by atoms with Gasteiger partial charge in [-0.15, -0.1) is 0 Å². The maximum Gasteiger partial charge on any atom is 0.320 e. The van der Waals surface area contributed by atoms with Crippen LogP contribution in [0.1, 0.15) is 26.2 Å². The summed E-state index contributed by atoms with van der Waals surface area (Å²) in [5.41, 5.74) is 7.10. The molecular formula is C15H27N5O4. The van der Waals surface area contributed by atoms with Gasteiger partial charge in [-0.25, -0.2) is 4.98 Å². The maximum absolute atomic E-state index is 9.16. The first-order valence-corrected chi connectivity index (χ1v) is 7.89. The third kappa shape index (κ3) is 5.29. The number of imidazole rings is 1. The van der Waals surface area contributed by atoms with Gasteiger partial charge in [0.15, 0.2) is 17.0 Å². The number of aliphatic hydroxyl groups excluding tert-OH is 2. The van der Waals surface area contributed by atoms with Crippen LogP contribution in [0, 0.1) is 0 Å². The number of fused-ring (bicyclic) bond motifs is 1. The van der Waals surface area contributed by atoms with Crippen LogP contribution in [0.15, 0.2) is 6.33 Å². The van der Waals surface area contributed by atoms with E-state index in [9.17, 15) is 0 Å². The second-order valence-corrected chi connectivity index (χ2v) is 5.03. The Morgan fingerprint density at radius 2 is 2.08 bits per heavy atom. The predicted molar refractivity (Wildman–Crippen MR) is 90.8 cm³/mol. The van der Waals surface area contributed by atoms with Crippen LogP contribution in [0.25, 0.3) is 11.2 Å². The van der Waals surface area contributed by atoms with Crippen LogP contribution in [-0.2, 0) is 11.3 Å². The molecule has 24 heavy (non-hydrogen) atoms. The molecule has 136 valence electrons. The van der Waals surface area contributed by atoms with Crippen molar-refractivity contribution < 1.29 is 19.7 Å². The smallest absolute Gasteiger partial charge is 0.320 e. The summed E-state index contributed by atoms with van der Waals surface area (Å²) in [6.07, 6.45) is 4.07. The van der Waals surface area contributed by atoms with Crippen LogP contribution in [-0.4, -0.2) is 63.3 Å². The lowest BCUT2D eigenvalue weighted by Crippen LogP contribution is -2.18. The fourth-order valence-electron chi connectivity index (χ4n) is 2.05.